The van der Waals surface area contributed by atoms with Crippen LogP contribution in [0.5, 0.6) is 0 Å². The molecule has 1 aliphatic heterocycles. The fraction of sp³-hybridized carbons (Fsp3) is 0.103. The molecule has 1 heterocycles. The molecule has 1 atom stereocenters. The summed E-state index contributed by atoms with van der Waals surface area (Å²) < 4.78 is 34.1. The van der Waals surface area contributed by atoms with E-state index in [1.165, 1.54) is 34.6 Å². The first-order chi connectivity index (χ1) is 19.1. The number of sulfonamides is 1. The number of anilines is 2. The molecule has 7 nitrogen and oxygen atoms in total. The van der Waals surface area contributed by atoms with Crippen molar-refractivity contribution < 1.29 is 22.7 Å². The van der Waals surface area contributed by atoms with E-state index in [-0.39, 0.29) is 22.0 Å². The smallest absolute Gasteiger partial charge is 0.339 e. The number of hydrogen-bond acceptors (Lipinski definition) is 5. The van der Waals surface area contributed by atoms with Crippen LogP contribution >= 0.6 is 34.8 Å². The number of para-hydroxylation sites is 1. The number of fused-ring (bicyclic) bond motifs is 1. The van der Waals surface area contributed by atoms with E-state index in [2.05, 4.69) is 5.32 Å². The van der Waals surface area contributed by atoms with Gasteiger partial charge in [-0.2, -0.15) is 0 Å². The Balaban J connectivity index is 1.44. The van der Waals surface area contributed by atoms with E-state index in [0.29, 0.717) is 33.4 Å². The SMILES string of the molecule is O=C(OC(C(=O)Nc1cc(Cl)cc(Cl)c1)c1ccccc1)c1ccc(Cl)c(S(=O)(=O)N2CCc3ccccc32)c1. The molecule has 0 radical (unpaired) electrons. The molecule has 0 saturated carbocycles. The van der Waals surface area contributed by atoms with Crippen molar-refractivity contribution in [1.29, 1.82) is 0 Å². The van der Waals surface area contributed by atoms with Crippen molar-refractivity contribution in [3.8, 4) is 0 Å². The zero-order valence-electron chi connectivity index (χ0n) is 20.7. The van der Waals surface area contributed by atoms with Gasteiger partial charge in [0.2, 0.25) is 6.10 Å². The second kappa shape index (κ2) is 11.5. The Hall–Kier alpha value is -3.56. The van der Waals surface area contributed by atoms with Gasteiger partial charge in [0.1, 0.15) is 4.90 Å². The first-order valence-corrected chi connectivity index (χ1v) is 14.6. The number of carbonyl (C=O) groups is 2. The summed E-state index contributed by atoms with van der Waals surface area (Å²) in [4.78, 5) is 26.3. The van der Waals surface area contributed by atoms with E-state index in [4.69, 9.17) is 39.5 Å². The van der Waals surface area contributed by atoms with Crippen molar-refractivity contribution in [3.05, 3.63) is 123 Å². The van der Waals surface area contributed by atoms with Crippen LogP contribution in [0.1, 0.15) is 27.6 Å². The van der Waals surface area contributed by atoms with Gasteiger partial charge in [0.05, 0.1) is 16.3 Å². The van der Waals surface area contributed by atoms with Crippen LogP contribution in [0.15, 0.2) is 95.9 Å². The van der Waals surface area contributed by atoms with Crippen LogP contribution in [0.2, 0.25) is 15.1 Å². The first-order valence-electron chi connectivity index (χ1n) is 12.1. The number of ether oxygens (including phenoxy) is 1. The molecule has 5 rings (SSSR count). The lowest BCUT2D eigenvalue weighted by molar-refractivity contribution is -0.125. The molecule has 0 spiro atoms. The molecule has 0 saturated heterocycles. The molecule has 1 unspecified atom stereocenters. The van der Waals surface area contributed by atoms with Gasteiger partial charge in [-0.25, -0.2) is 13.2 Å². The molecule has 0 aliphatic carbocycles. The van der Waals surface area contributed by atoms with E-state index in [1.807, 2.05) is 12.1 Å². The molecular formula is C29H21Cl3N2O5S. The highest BCUT2D eigenvalue weighted by atomic mass is 35.5. The van der Waals surface area contributed by atoms with Crippen LogP contribution in [-0.2, 0) is 26.0 Å². The van der Waals surface area contributed by atoms with Crippen LogP contribution in [0, 0.1) is 0 Å². The topological polar surface area (TPSA) is 92.8 Å². The molecule has 40 heavy (non-hydrogen) atoms. The molecule has 1 N–H and O–H groups in total. The number of benzene rings is 4. The number of nitrogens with zero attached hydrogens (tertiary/aromatic N) is 1. The van der Waals surface area contributed by atoms with Crippen LogP contribution < -0.4 is 9.62 Å². The lowest BCUT2D eigenvalue weighted by Gasteiger charge is -2.21. The highest BCUT2D eigenvalue weighted by Crippen LogP contribution is 2.35. The maximum absolute atomic E-state index is 13.6. The standard InChI is InChI=1S/C29H21Cl3N2O5S/c30-21-15-22(31)17-23(16-21)33-28(35)27(19-7-2-1-3-8-19)39-29(36)20-10-11-24(32)26(14-20)40(37,38)34-13-12-18-6-4-5-9-25(18)34/h1-11,14-17,27H,12-13H2,(H,33,35). The van der Waals surface area contributed by atoms with Crippen molar-refractivity contribution >= 4 is 68.1 Å². The quantitative estimate of drug-likeness (QED) is 0.228. The zero-order chi connectivity index (χ0) is 28.4. The second-order valence-electron chi connectivity index (χ2n) is 8.94. The predicted octanol–water partition coefficient (Wildman–Crippen LogP) is 6.94. The Morgan fingerprint density at radius 3 is 2.25 bits per heavy atom. The molecule has 0 fully saturated rings. The van der Waals surface area contributed by atoms with Gasteiger partial charge in [-0.05, 0) is 54.4 Å². The molecule has 11 heteroatoms. The summed E-state index contributed by atoms with van der Waals surface area (Å²) in [6.45, 7) is 0.246. The minimum Gasteiger partial charge on any atom is -0.444 e. The highest BCUT2D eigenvalue weighted by Gasteiger charge is 2.33. The number of amides is 1. The molecule has 0 bridgehead atoms. The van der Waals surface area contributed by atoms with Crippen molar-refractivity contribution in [2.45, 2.75) is 17.4 Å². The number of carbonyl (C=O) groups excluding carboxylic acids is 2. The lowest BCUT2D eigenvalue weighted by Crippen LogP contribution is -2.29. The average molecular weight is 616 g/mol. The predicted molar refractivity (Wildman–Crippen MR) is 156 cm³/mol. The number of esters is 1. The average Bonchev–Trinajstić information content (AvgIpc) is 3.37. The van der Waals surface area contributed by atoms with Crippen molar-refractivity contribution in [3.63, 3.8) is 0 Å². The van der Waals surface area contributed by atoms with Crippen LogP contribution in [0.3, 0.4) is 0 Å². The lowest BCUT2D eigenvalue weighted by atomic mass is 10.1. The number of nitrogens with one attached hydrogen (secondary N) is 1. The Morgan fingerprint density at radius 2 is 1.52 bits per heavy atom. The first kappa shape index (κ1) is 28.0. The summed E-state index contributed by atoms with van der Waals surface area (Å²) in [6.07, 6.45) is -0.812. The molecule has 4 aromatic rings. The fourth-order valence-electron chi connectivity index (χ4n) is 4.41. The van der Waals surface area contributed by atoms with E-state index in [1.54, 1.807) is 42.5 Å². The van der Waals surface area contributed by atoms with Crippen molar-refractivity contribution in [2.75, 3.05) is 16.2 Å². The van der Waals surface area contributed by atoms with Gasteiger partial charge in [-0.1, -0.05) is 83.3 Å². The molecule has 1 amide bonds. The molecule has 0 aromatic heterocycles. The Labute approximate surface area is 246 Å². The summed E-state index contributed by atoms with van der Waals surface area (Å²) in [5, 5.41) is 3.24. The van der Waals surface area contributed by atoms with Gasteiger partial charge in [-0.3, -0.25) is 9.10 Å². The maximum Gasteiger partial charge on any atom is 0.339 e. The molecule has 1 aliphatic rings. The van der Waals surface area contributed by atoms with Gasteiger partial charge in [-0.15, -0.1) is 0 Å². The Morgan fingerprint density at radius 1 is 0.850 bits per heavy atom. The van der Waals surface area contributed by atoms with Crippen molar-refractivity contribution in [1.82, 2.24) is 0 Å². The summed E-state index contributed by atoms with van der Waals surface area (Å²) in [7, 11) is -4.10. The van der Waals surface area contributed by atoms with E-state index >= 15 is 0 Å². The van der Waals surface area contributed by atoms with Crippen LogP contribution in [0.4, 0.5) is 11.4 Å². The summed E-state index contributed by atoms with van der Waals surface area (Å²) >= 11 is 18.4. The molecule has 204 valence electrons. The van der Waals surface area contributed by atoms with Gasteiger partial charge in [0, 0.05) is 27.8 Å². The number of rotatable bonds is 7. The minimum atomic E-state index is -4.10. The van der Waals surface area contributed by atoms with Gasteiger partial charge < -0.3 is 10.1 Å². The van der Waals surface area contributed by atoms with Crippen LogP contribution in [0.25, 0.3) is 0 Å². The summed E-state index contributed by atoms with van der Waals surface area (Å²) in [6, 6.07) is 23.9. The van der Waals surface area contributed by atoms with Gasteiger partial charge >= 0.3 is 5.97 Å². The van der Waals surface area contributed by atoms with E-state index in [9.17, 15) is 18.0 Å². The third-order valence-corrected chi connectivity index (χ3v) is 9.01. The maximum atomic E-state index is 13.6. The number of halogens is 3. The molecular weight excluding hydrogens is 595 g/mol. The monoisotopic (exact) mass is 614 g/mol. The minimum absolute atomic E-state index is 0.0453. The zero-order valence-corrected chi connectivity index (χ0v) is 23.8. The van der Waals surface area contributed by atoms with E-state index in [0.717, 1.165) is 11.6 Å². The Kier molecular flexibility index (Phi) is 8.05. The summed E-state index contributed by atoms with van der Waals surface area (Å²) in [5.41, 5.74) is 2.08. The number of hydrogen-bond donors (Lipinski definition) is 1. The van der Waals surface area contributed by atoms with Gasteiger partial charge in [0.25, 0.3) is 15.9 Å². The second-order valence-corrected chi connectivity index (χ2v) is 12.1. The largest absolute Gasteiger partial charge is 0.444 e. The normalized spacial score (nSPS) is 13.4. The fourth-order valence-corrected chi connectivity index (χ4v) is 6.95. The third-order valence-electron chi connectivity index (χ3n) is 6.27. The van der Waals surface area contributed by atoms with Crippen molar-refractivity contribution in [2.24, 2.45) is 0 Å². The highest BCUT2D eigenvalue weighted by molar-refractivity contribution is 7.93. The van der Waals surface area contributed by atoms with E-state index < -0.39 is 28.0 Å². The molecule has 4 aromatic carbocycles. The third kappa shape index (κ3) is 5.81. The van der Waals surface area contributed by atoms with Gasteiger partial charge in [0.15, 0.2) is 0 Å². The van der Waals surface area contributed by atoms with Crippen LogP contribution in [-0.4, -0.2) is 26.8 Å². The summed E-state index contributed by atoms with van der Waals surface area (Å²) in [5.74, 6) is -1.57. The Bertz CT molecular complexity index is 1690.